The van der Waals surface area contributed by atoms with E-state index in [1.165, 1.54) is 0 Å². The summed E-state index contributed by atoms with van der Waals surface area (Å²) in [6.07, 6.45) is -0.00288. The molecule has 6 heteroatoms. The van der Waals surface area contributed by atoms with E-state index in [0.717, 1.165) is 16.7 Å². The van der Waals surface area contributed by atoms with Gasteiger partial charge in [-0.1, -0.05) is 13.0 Å². The standard InChI is InChI=1S/C22H29NO5/c1-7-18(28-17-9-14(2)8-15(3)10-17)22(24)23-13-16-11-19(25-4)21(27-6)20(12-16)26-5/h8-12,18H,7,13H2,1-6H3,(H,23,24)/t18-/m1/s1. The molecule has 0 saturated carbocycles. The summed E-state index contributed by atoms with van der Waals surface area (Å²) >= 11 is 0. The molecule has 0 unspecified atom stereocenters. The zero-order valence-electron chi connectivity index (χ0n) is 17.4. The molecule has 0 aliphatic carbocycles. The smallest absolute Gasteiger partial charge is 0.261 e. The number of nitrogens with one attached hydrogen (secondary N) is 1. The number of rotatable bonds is 9. The maximum absolute atomic E-state index is 12.6. The number of hydrogen-bond acceptors (Lipinski definition) is 5. The number of aryl methyl sites for hydroxylation is 2. The molecule has 0 heterocycles. The normalized spacial score (nSPS) is 11.5. The second-order valence-electron chi connectivity index (χ2n) is 6.59. The van der Waals surface area contributed by atoms with Gasteiger partial charge in [-0.2, -0.15) is 0 Å². The molecule has 0 spiro atoms. The van der Waals surface area contributed by atoms with Crippen LogP contribution in [0.4, 0.5) is 0 Å². The van der Waals surface area contributed by atoms with Gasteiger partial charge in [-0.25, -0.2) is 0 Å². The third kappa shape index (κ3) is 5.31. The molecule has 0 bridgehead atoms. The molecule has 6 nitrogen and oxygen atoms in total. The van der Waals surface area contributed by atoms with Crippen LogP contribution >= 0.6 is 0 Å². The van der Waals surface area contributed by atoms with Crippen molar-refractivity contribution in [2.75, 3.05) is 21.3 Å². The van der Waals surface area contributed by atoms with Gasteiger partial charge in [0, 0.05) is 6.54 Å². The molecular weight excluding hydrogens is 358 g/mol. The molecule has 0 radical (unpaired) electrons. The van der Waals surface area contributed by atoms with Crippen LogP contribution in [-0.4, -0.2) is 33.3 Å². The molecule has 0 fully saturated rings. The van der Waals surface area contributed by atoms with Gasteiger partial charge < -0.3 is 24.3 Å². The fraction of sp³-hybridized carbons (Fsp3) is 0.409. The second kappa shape index (κ2) is 9.88. The van der Waals surface area contributed by atoms with Crippen molar-refractivity contribution in [3.63, 3.8) is 0 Å². The predicted molar refractivity (Wildman–Crippen MR) is 109 cm³/mol. The quantitative estimate of drug-likeness (QED) is 0.709. The zero-order valence-corrected chi connectivity index (χ0v) is 17.4. The molecule has 0 aromatic heterocycles. The lowest BCUT2D eigenvalue weighted by atomic mass is 10.1. The minimum atomic E-state index is -0.566. The first-order valence-electron chi connectivity index (χ1n) is 9.23. The largest absolute Gasteiger partial charge is 0.493 e. The van der Waals surface area contributed by atoms with Crippen molar-refractivity contribution in [2.45, 2.75) is 39.8 Å². The van der Waals surface area contributed by atoms with E-state index < -0.39 is 6.10 Å². The molecule has 28 heavy (non-hydrogen) atoms. The average molecular weight is 387 g/mol. The molecule has 1 atom stereocenters. The molecular formula is C22H29NO5. The SMILES string of the molecule is CC[C@@H](Oc1cc(C)cc(C)c1)C(=O)NCc1cc(OC)c(OC)c(OC)c1. The third-order valence-electron chi connectivity index (χ3n) is 4.33. The molecule has 0 aliphatic rings. The first-order valence-corrected chi connectivity index (χ1v) is 9.23. The topological polar surface area (TPSA) is 66.0 Å². The second-order valence-corrected chi connectivity index (χ2v) is 6.59. The molecule has 0 aliphatic heterocycles. The number of ether oxygens (including phenoxy) is 4. The van der Waals surface area contributed by atoms with E-state index in [-0.39, 0.29) is 5.91 Å². The summed E-state index contributed by atoms with van der Waals surface area (Å²) in [5.41, 5.74) is 3.04. The Balaban J connectivity index is 2.09. The molecule has 2 aromatic rings. The van der Waals surface area contributed by atoms with E-state index in [0.29, 0.717) is 36.0 Å². The van der Waals surface area contributed by atoms with Crippen molar-refractivity contribution in [1.82, 2.24) is 5.32 Å². The van der Waals surface area contributed by atoms with Gasteiger partial charge in [-0.3, -0.25) is 4.79 Å². The minimum Gasteiger partial charge on any atom is -0.493 e. The van der Waals surface area contributed by atoms with Crippen LogP contribution in [0.5, 0.6) is 23.0 Å². The number of hydrogen-bond donors (Lipinski definition) is 1. The maximum Gasteiger partial charge on any atom is 0.261 e. The Bertz CT molecular complexity index is 773. The van der Waals surface area contributed by atoms with E-state index in [1.807, 2.05) is 45.0 Å². The van der Waals surface area contributed by atoms with Crippen LogP contribution < -0.4 is 24.3 Å². The fourth-order valence-corrected chi connectivity index (χ4v) is 3.03. The Labute approximate surface area is 166 Å². The summed E-state index contributed by atoms with van der Waals surface area (Å²) in [7, 11) is 4.67. The van der Waals surface area contributed by atoms with E-state index in [1.54, 1.807) is 21.3 Å². The van der Waals surface area contributed by atoms with Crippen LogP contribution in [0.3, 0.4) is 0 Å². The molecule has 2 aromatic carbocycles. The van der Waals surface area contributed by atoms with E-state index >= 15 is 0 Å². The monoisotopic (exact) mass is 387 g/mol. The van der Waals surface area contributed by atoms with Crippen LogP contribution in [0, 0.1) is 13.8 Å². The lowest BCUT2D eigenvalue weighted by molar-refractivity contribution is -0.128. The molecule has 1 amide bonds. The summed E-state index contributed by atoms with van der Waals surface area (Å²) in [6, 6.07) is 9.56. The van der Waals surface area contributed by atoms with Crippen molar-refractivity contribution < 1.29 is 23.7 Å². The van der Waals surface area contributed by atoms with Gasteiger partial charge in [0.15, 0.2) is 17.6 Å². The number of amides is 1. The maximum atomic E-state index is 12.6. The van der Waals surface area contributed by atoms with Crippen molar-refractivity contribution >= 4 is 5.91 Å². The van der Waals surface area contributed by atoms with Crippen LogP contribution in [0.15, 0.2) is 30.3 Å². The van der Waals surface area contributed by atoms with Crippen molar-refractivity contribution in [1.29, 1.82) is 0 Å². The van der Waals surface area contributed by atoms with Gasteiger partial charge in [0.1, 0.15) is 5.75 Å². The Kier molecular flexibility index (Phi) is 7.55. The molecule has 2 rings (SSSR count). The molecule has 1 N–H and O–H groups in total. The van der Waals surface area contributed by atoms with E-state index in [4.69, 9.17) is 18.9 Å². The number of carbonyl (C=O) groups is 1. The highest BCUT2D eigenvalue weighted by molar-refractivity contribution is 5.81. The van der Waals surface area contributed by atoms with Gasteiger partial charge in [0.05, 0.1) is 21.3 Å². The summed E-state index contributed by atoms with van der Waals surface area (Å²) in [4.78, 5) is 12.6. The van der Waals surface area contributed by atoms with Crippen molar-refractivity contribution in [3.8, 4) is 23.0 Å². The lowest BCUT2D eigenvalue weighted by Gasteiger charge is -2.19. The number of methoxy groups -OCH3 is 3. The fourth-order valence-electron chi connectivity index (χ4n) is 3.03. The Morgan fingerprint density at radius 3 is 1.96 bits per heavy atom. The summed E-state index contributed by atoms with van der Waals surface area (Å²) < 4.78 is 22.0. The summed E-state index contributed by atoms with van der Waals surface area (Å²) in [5, 5.41) is 2.92. The average Bonchev–Trinajstić information content (AvgIpc) is 2.68. The van der Waals surface area contributed by atoms with Crippen LogP contribution in [0.25, 0.3) is 0 Å². The number of benzene rings is 2. The third-order valence-corrected chi connectivity index (χ3v) is 4.33. The Morgan fingerprint density at radius 2 is 1.50 bits per heavy atom. The Hall–Kier alpha value is -2.89. The lowest BCUT2D eigenvalue weighted by Crippen LogP contribution is -2.37. The van der Waals surface area contributed by atoms with Crippen molar-refractivity contribution in [2.24, 2.45) is 0 Å². The highest BCUT2D eigenvalue weighted by atomic mass is 16.5. The van der Waals surface area contributed by atoms with Gasteiger partial charge in [0.25, 0.3) is 5.91 Å². The van der Waals surface area contributed by atoms with Crippen molar-refractivity contribution in [3.05, 3.63) is 47.0 Å². The summed E-state index contributed by atoms with van der Waals surface area (Å²) in [6.45, 7) is 6.26. The van der Waals surface area contributed by atoms with Gasteiger partial charge in [-0.15, -0.1) is 0 Å². The van der Waals surface area contributed by atoms with Gasteiger partial charge in [0.2, 0.25) is 5.75 Å². The number of carbonyl (C=O) groups excluding carboxylic acids is 1. The van der Waals surface area contributed by atoms with E-state index in [9.17, 15) is 4.79 Å². The minimum absolute atomic E-state index is 0.171. The van der Waals surface area contributed by atoms with Crippen LogP contribution in [-0.2, 0) is 11.3 Å². The Morgan fingerprint density at radius 1 is 0.929 bits per heavy atom. The first kappa shape index (κ1) is 21.4. The first-order chi connectivity index (χ1) is 13.4. The zero-order chi connectivity index (χ0) is 20.7. The highest BCUT2D eigenvalue weighted by Crippen LogP contribution is 2.38. The predicted octanol–water partition coefficient (Wildman–Crippen LogP) is 3.80. The van der Waals surface area contributed by atoms with Gasteiger partial charge >= 0.3 is 0 Å². The van der Waals surface area contributed by atoms with Gasteiger partial charge in [-0.05, 0) is 61.2 Å². The highest BCUT2D eigenvalue weighted by Gasteiger charge is 2.19. The summed E-state index contributed by atoms with van der Waals surface area (Å²) in [5.74, 6) is 2.14. The molecule has 0 saturated heterocycles. The van der Waals surface area contributed by atoms with E-state index in [2.05, 4.69) is 11.4 Å². The van der Waals surface area contributed by atoms with Crippen LogP contribution in [0.2, 0.25) is 0 Å². The molecule has 152 valence electrons. The van der Waals surface area contributed by atoms with Crippen LogP contribution in [0.1, 0.15) is 30.0 Å².